The Balaban J connectivity index is 2.44. The molecule has 1 amide bonds. The normalized spacial score (nSPS) is 30.6. The van der Waals surface area contributed by atoms with Crippen molar-refractivity contribution < 1.29 is 72.1 Å². The monoisotopic (exact) mass is 693 g/mol. The molecule has 2 saturated heterocycles. The summed E-state index contributed by atoms with van der Waals surface area (Å²) in [6, 6.07) is -1.16. The van der Waals surface area contributed by atoms with E-state index in [4.69, 9.17) is 33.2 Å². The quantitative estimate of drug-likeness (QED) is 0.105. The van der Waals surface area contributed by atoms with E-state index in [2.05, 4.69) is 5.32 Å². The summed E-state index contributed by atoms with van der Waals surface area (Å²) in [7, 11) is 0. The van der Waals surface area contributed by atoms with Crippen molar-refractivity contribution in [3.8, 4) is 0 Å². The molecule has 268 valence electrons. The minimum atomic E-state index is -1.56. The second-order valence-electron chi connectivity index (χ2n) is 11.4. The van der Waals surface area contributed by atoms with Crippen molar-refractivity contribution in [3.63, 3.8) is 0 Å². The molecule has 10 atom stereocenters. The number of nitrogens with one attached hydrogen (secondary N) is 1. The van der Waals surface area contributed by atoms with E-state index in [-0.39, 0.29) is 23.9 Å². The molecule has 0 aliphatic carbocycles. The predicted molar refractivity (Wildman–Crippen MR) is 162 cm³/mol. The summed E-state index contributed by atoms with van der Waals surface area (Å²) in [6.45, 7) is 6.45. The van der Waals surface area contributed by atoms with E-state index in [0.29, 0.717) is 12.2 Å². The van der Waals surface area contributed by atoms with E-state index in [1.807, 2.05) is 0 Å². The van der Waals surface area contributed by atoms with E-state index < -0.39 is 98.2 Å². The van der Waals surface area contributed by atoms with Crippen LogP contribution in [0.1, 0.15) is 67.2 Å². The van der Waals surface area contributed by atoms with Gasteiger partial charge < -0.3 is 53.5 Å². The number of carbonyl (C=O) groups excluding carboxylic acids is 6. The van der Waals surface area contributed by atoms with Gasteiger partial charge in [0, 0.05) is 53.4 Å². The van der Waals surface area contributed by atoms with Crippen molar-refractivity contribution >= 4 is 46.5 Å². The van der Waals surface area contributed by atoms with Crippen LogP contribution in [-0.2, 0) is 61.9 Å². The Bertz CT molecular complexity index is 1090. The number of thioether (sulfide) groups is 1. The van der Waals surface area contributed by atoms with Crippen LogP contribution in [0.5, 0.6) is 0 Å². The zero-order valence-electron chi connectivity index (χ0n) is 27.5. The summed E-state index contributed by atoms with van der Waals surface area (Å²) >= 11 is 1.23. The molecule has 47 heavy (non-hydrogen) atoms. The largest absolute Gasteiger partial charge is 0.463 e. The molecule has 0 aromatic rings. The van der Waals surface area contributed by atoms with Crippen LogP contribution in [0.4, 0.5) is 0 Å². The third-order valence-corrected chi connectivity index (χ3v) is 8.14. The van der Waals surface area contributed by atoms with Crippen LogP contribution in [-0.4, -0.2) is 126 Å². The summed E-state index contributed by atoms with van der Waals surface area (Å²) in [6.07, 6.45) is -8.96. The first kappa shape index (κ1) is 40.5. The second kappa shape index (κ2) is 20.0. The van der Waals surface area contributed by atoms with Gasteiger partial charge in [0.1, 0.15) is 49.0 Å². The van der Waals surface area contributed by atoms with Crippen LogP contribution in [0, 0.1) is 5.92 Å². The van der Waals surface area contributed by atoms with Gasteiger partial charge in [-0.25, -0.2) is 0 Å². The SMILES string of the molecule is CC(=O)CC1C(OC(C)=O)[C@@H](OC(C)=O)C(COC(C)=O)O[C@H]1OC1C(NC(C)=O)[C@@H](OCCCCCSC(C)=O)OC(CO)[C@@H]1O. The Morgan fingerprint density at radius 1 is 0.787 bits per heavy atom. The molecule has 0 aromatic heterocycles. The molecule has 2 aliphatic heterocycles. The number of Topliss-reactive ketones (excluding diaryl/α,β-unsaturated/α-hetero) is 1. The summed E-state index contributed by atoms with van der Waals surface area (Å²) in [5.41, 5.74) is 0. The highest BCUT2D eigenvalue weighted by Crippen LogP contribution is 2.37. The lowest BCUT2D eigenvalue weighted by atomic mass is 9.86. The van der Waals surface area contributed by atoms with Gasteiger partial charge in [0.25, 0.3) is 0 Å². The summed E-state index contributed by atoms with van der Waals surface area (Å²) < 4.78 is 40.3. The zero-order chi connectivity index (χ0) is 35.3. The fraction of sp³-hybridized carbons (Fsp3) is 0.800. The third-order valence-electron chi connectivity index (χ3n) is 7.24. The lowest BCUT2D eigenvalue weighted by Crippen LogP contribution is -2.67. The molecule has 0 aromatic carbocycles. The van der Waals surface area contributed by atoms with Crippen molar-refractivity contribution in [2.45, 2.75) is 122 Å². The van der Waals surface area contributed by atoms with Gasteiger partial charge in [-0.1, -0.05) is 18.2 Å². The van der Waals surface area contributed by atoms with Gasteiger partial charge in [-0.3, -0.25) is 24.0 Å². The first-order chi connectivity index (χ1) is 22.1. The molecule has 2 fully saturated rings. The predicted octanol–water partition coefficient (Wildman–Crippen LogP) is 0.168. The molecule has 2 rings (SSSR count). The van der Waals surface area contributed by atoms with Gasteiger partial charge in [0.2, 0.25) is 5.91 Å². The van der Waals surface area contributed by atoms with Crippen molar-refractivity contribution in [2.24, 2.45) is 5.92 Å². The molecule has 17 heteroatoms. The van der Waals surface area contributed by atoms with Crippen LogP contribution in [0.15, 0.2) is 0 Å². The molecule has 0 spiro atoms. The summed E-state index contributed by atoms with van der Waals surface area (Å²) in [5, 5.41) is 24.0. The van der Waals surface area contributed by atoms with Gasteiger partial charge in [-0.15, -0.1) is 0 Å². The molecular formula is C30H47NO15S. The minimum Gasteiger partial charge on any atom is -0.463 e. The van der Waals surface area contributed by atoms with Crippen LogP contribution in [0.3, 0.4) is 0 Å². The Kier molecular flexibility index (Phi) is 17.2. The number of amides is 1. The van der Waals surface area contributed by atoms with Gasteiger partial charge in [0.05, 0.1) is 12.5 Å². The second-order valence-corrected chi connectivity index (χ2v) is 12.7. The summed E-state index contributed by atoms with van der Waals surface area (Å²) in [5.74, 6) is -3.57. The number of esters is 3. The molecule has 2 aliphatic rings. The van der Waals surface area contributed by atoms with Crippen molar-refractivity contribution in [1.82, 2.24) is 5.32 Å². The number of rotatable bonds is 17. The highest BCUT2D eigenvalue weighted by atomic mass is 32.2. The average Bonchev–Trinajstić information content (AvgIpc) is 2.96. The number of aliphatic hydroxyl groups is 2. The average molecular weight is 694 g/mol. The maximum atomic E-state index is 12.5. The van der Waals surface area contributed by atoms with Crippen molar-refractivity contribution in [1.29, 1.82) is 0 Å². The molecule has 16 nitrogen and oxygen atoms in total. The number of hydrogen-bond acceptors (Lipinski definition) is 16. The van der Waals surface area contributed by atoms with Gasteiger partial charge >= 0.3 is 17.9 Å². The van der Waals surface area contributed by atoms with Gasteiger partial charge in [-0.05, 0) is 19.8 Å². The van der Waals surface area contributed by atoms with E-state index in [0.717, 1.165) is 33.6 Å². The minimum absolute atomic E-state index is 0.0286. The zero-order valence-corrected chi connectivity index (χ0v) is 28.4. The topological polar surface area (TPSA) is 220 Å². The van der Waals surface area contributed by atoms with E-state index in [1.54, 1.807) is 0 Å². The molecule has 0 saturated carbocycles. The smallest absolute Gasteiger partial charge is 0.303 e. The Morgan fingerprint density at radius 3 is 1.98 bits per heavy atom. The van der Waals surface area contributed by atoms with E-state index in [1.165, 1.54) is 32.5 Å². The van der Waals surface area contributed by atoms with Crippen LogP contribution >= 0.6 is 11.8 Å². The number of unbranched alkanes of at least 4 members (excludes halogenated alkanes) is 2. The summed E-state index contributed by atoms with van der Waals surface area (Å²) in [4.78, 5) is 71.9. The van der Waals surface area contributed by atoms with Crippen molar-refractivity contribution in [3.05, 3.63) is 0 Å². The molecule has 0 bridgehead atoms. The number of hydrogen-bond donors (Lipinski definition) is 3. The first-order valence-electron chi connectivity index (χ1n) is 15.4. The first-order valence-corrected chi connectivity index (χ1v) is 16.4. The number of aliphatic hydroxyl groups excluding tert-OH is 2. The molecule has 0 radical (unpaired) electrons. The number of carbonyl (C=O) groups is 6. The standard InChI is InChI=1S/C30H47NO15S/c1-15(33)12-21-26(42-18(4)36)27(43-19(5)37)23(14-41-17(3)35)45-29(21)46-28-24(31-16(2)34)30(44-22(13-32)25(28)39)40-10-8-7-9-11-47-20(6)38/h21-30,32,39H,7-14H2,1-6H3,(H,31,34)/t21?,22?,23?,24?,25-,26?,27-,28?,29-,30-/m0/s1. The molecule has 6 unspecified atom stereocenters. The van der Waals surface area contributed by atoms with Gasteiger partial charge in [0.15, 0.2) is 23.8 Å². The molecule has 2 heterocycles. The van der Waals surface area contributed by atoms with E-state index >= 15 is 0 Å². The fourth-order valence-corrected chi connectivity index (χ4v) is 6.00. The van der Waals surface area contributed by atoms with Crippen molar-refractivity contribution in [2.75, 3.05) is 25.6 Å². The fourth-order valence-electron chi connectivity index (χ4n) is 5.36. The maximum absolute atomic E-state index is 12.5. The highest BCUT2D eigenvalue weighted by Gasteiger charge is 2.54. The number of ketones is 1. The maximum Gasteiger partial charge on any atom is 0.303 e. The van der Waals surface area contributed by atoms with Crippen LogP contribution < -0.4 is 5.32 Å². The molecule has 3 N–H and O–H groups in total. The highest BCUT2D eigenvalue weighted by molar-refractivity contribution is 8.13. The van der Waals surface area contributed by atoms with Crippen LogP contribution in [0.25, 0.3) is 0 Å². The number of ether oxygens (including phenoxy) is 7. The Morgan fingerprint density at radius 2 is 1.43 bits per heavy atom. The lowest BCUT2D eigenvalue weighted by Gasteiger charge is -2.49. The lowest BCUT2D eigenvalue weighted by molar-refractivity contribution is -0.338. The Hall–Kier alpha value is -2.67. The molecular weight excluding hydrogens is 646 g/mol. The third kappa shape index (κ3) is 13.4. The van der Waals surface area contributed by atoms with E-state index in [9.17, 15) is 39.0 Å². The van der Waals surface area contributed by atoms with Crippen LogP contribution in [0.2, 0.25) is 0 Å². The van der Waals surface area contributed by atoms with Gasteiger partial charge in [-0.2, -0.15) is 0 Å². The Labute approximate surface area is 277 Å².